The molecule has 0 amide bonds. The molecule has 0 aliphatic heterocycles. The molecular weight excluding hydrogens is 265 g/mol. The van der Waals surface area contributed by atoms with E-state index in [-0.39, 0.29) is 12.0 Å². The Hall–Kier alpha value is -1.17. The minimum absolute atomic E-state index is 0.0577. The van der Waals surface area contributed by atoms with Crippen LogP contribution in [0, 0.1) is 11.6 Å². The van der Waals surface area contributed by atoms with Gasteiger partial charge in [-0.15, -0.1) is 0 Å². The smallest absolute Gasteiger partial charge is 0.310 e. The highest BCUT2D eigenvalue weighted by molar-refractivity contribution is 5.22. The van der Waals surface area contributed by atoms with E-state index in [1.165, 1.54) is 0 Å². The van der Waals surface area contributed by atoms with Crippen molar-refractivity contribution in [1.82, 2.24) is 5.32 Å². The normalized spacial score (nSPS) is 13.6. The molecule has 0 aromatic heterocycles. The average Bonchev–Trinajstić information content (AvgIpc) is 2.32. The van der Waals surface area contributed by atoms with Crippen LogP contribution < -0.4 is 5.32 Å². The van der Waals surface area contributed by atoms with Gasteiger partial charge in [-0.3, -0.25) is 0 Å². The fourth-order valence-electron chi connectivity index (χ4n) is 1.78. The van der Waals surface area contributed by atoms with Gasteiger partial charge in [0.1, 0.15) is 11.6 Å². The SMILES string of the molecule is CCCNC(CCC(F)(F)F)c1cc(F)ccc1F. The monoisotopic (exact) mass is 281 g/mol. The lowest BCUT2D eigenvalue weighted by Crippen LogP contribution is -2.25. The highest BCUT2D eigenvalue weighted by atomic mass is 19.4. The number of alkyl halides is 3. The predicted molar refractivity (Wildman–Crippen MR) is 62.7 cm³/mol. The Balaban J connectivity index is 2.85. The molecule has 108 valence electrons. The third kappa shape index (κ3) is 5.55. The highest BCUT2D eigenvalue weighted by Gasteiger charge is 2.29. The second-order valence-electron chi connectivity index (χ2n) is 4.33. The van der Waals surface area contributed by atoms with Crippen LogP contribution in [0.1, 0.15) is 37.8 Å². The fraction of sp³-hybridized carbons (Fsp3) is 0.538. The summed E-state index contributed by atoms with van der Waals surface area (Å²) in [5.74, 6) is -1.36. The van der Waals surface area contributed by atoms with Crippen LogP contribution in [0.3, 0.4) is 0 Å². The van der Waals surface area contributed by atoms with Gasteiger partial charge in [-0.25, -0.2) is 8.78 Å². The van der Waals surface area contributed by atoms with Gasteiger partial charge in [-0.1, -0.05) is 6.92 Å². The maximum absolute atomic E-state index is 13.6. The van der Waals surface area contributed by atoms with Gasteiger partial charge in [0.2, 0.25) is 0 Å². The first kappa shape index (κ1) is 15.9. The number of halogens is 5. The Morgan fingerprint density at radius 3 is 2.47 bits per heavy atom. The standard InChI is InChI=1S/C13H16F5N/c1-2-7-19-12(5-6-13(16,17)18)10-8-9(14)3-4-11(10)15/h3-4,8,12,19H,2,5-7H2,1H3. The van der Waals surface area contributed by atoms with Crippen LogP contribution in [0.25, 0.3) is 0 Å². The van der Waals surface area contributed by atoms with E-state index < -0.39 is 30.3 Å². The Kier molecular flexibility index (Phi) is 5.72. The summed E-state index contributed by atoms with van der Waals surface area (Å²) >= 11 is 0. The summed E-state index contributed by atoms with van der Waals surface area (Å²) < 4.78 is 63.4. The van der Waals surface area contributed by atoms with Crippen molar-refractivity contribution in [2.45, 2.75) is 38.4 Å². The van der Waals surface area contributed by atoms with Gasteiger partial charge in [0.05, 0.1) is 0 Å². The van der Waals surface area contributed by atoms with E-state index in [1.54, 1.807) is 0 Å². The average molecular weight is 281 g/mol. The molecule has 1 N–H and O–H groups in total. The molecule has 0 spiro atoms. The van der Waals surface area contributed by atoms with Gasteiger partial charge in [-0.2, -0.15) is 13.2 Å². The Morgan fingerprint density at radius 2 is 1.89 bits per heavy atom. The summed E-state index contributed by atoms with van der Waals surface area (Å²) in [6.07, 6.45) is -4.97. The molecule has 0 fully saturated rings. The molecule has 0 aliphatic carbocycles. The maximum atomic E-state index is 13.6. The van der Waals surface area contributed by atoms with Gasteiger partial charge in [0.25, 0.3) is 0 Å². The van der Waals surface area contributed by atoms with Gasteiger partial charge < -0.3 is 5.32 Å². The maximum Gasteiger partial charge on any atom is 0.389 e. The van der Waals surface area contributed by atoms with Gasteiger partial charge in [0, 0.05) is 18.0 Å². The zero-order valence-corrected chi connectivity index (χ0v) is 10.5. The molecule has 0 bridgehead atoms. The zero-order valence-electron chi connectivity index (χ0n) is 10.5. The number of hydrogen-bond donors (Lipinski definition) is 1. The van der Waals surface area contributed by atoms with Crippen molar-refractivity contribution in [3.63, 3.8) is 0 Å². The van der Waals surface area contributed by atoms with E-state index >= 15 is 0 Å². The quantitative estimate of drug-likeness (QED) is 0.764. The van der Waals surface area contributed by atoms with Crippen molar-refractivity contribution in [1.29, 1.82) is 0 Å². The molecular formula is C13H16F5N. The summed E-state index contributed by atoms with van der Waals surface area (Å²) in [6, 6.07) is 1.98. The van der Waals surface area contributed by atoms with Crippen LogP contribution in [-0.4, -0.2) is 12.7 Å². The summed E-state index contributed by atoms with van der Waals surface area (Å²) in [6.45, 7) is 2.29. The first-order valence-corrected chi connectivity index (χ1v) is 6.08. The molecule has 0 heterocycles. The lowest BCUT2D eigenvalue weighted by Gasteiger charge is -2.20. The minimum atomic E-state index is -4.31. The highest BCUT2D eigenvalue weighted by Crippen LogP contribution is 2.29. The fourth-order valence-corrected chi connectivity index (χ4v) is 1.78. The van der Waals surface area contributed by atoms with E-state index in [0.29, 0.717) is 13.0 Å². The molecule has 19 heavy (non-hydrogen) atoms. The van der Waals surface area contributed by atoms with Crippen molar-refractivity contribution in [3.05, 3.63) is 35.4 Å². The summed E-state index contributed by atoms with van der Waals surface area (Å²) in [5.41, 5.74) is -0.0577. The summed E-state index contributed by atoms with van der Waals surface area (Å²) in [4.78, 5) is 0. The van der Waals surface area contributed by atoms with Gasteiger partial charge >= 0.3 is 6.18 Å². The van der Waals surface area contributed by atoms with Crippen LogP contribution >= 0.6 is 0 Å². The third-order valence-corrected chi connectivity index (χ3v) is 2.69. The van der Waals surface area contributed by atoms with Crippen LogP contribution in [0.2, 0.25) is 0 Å². The lowest BCUT2D eigenvalue weighted by molar-refractivity contribution is -0.136. The van der Waals surface area contributed by atoms with Crippen molar-refractivity contribution in [2.75, 3.05) is 6.54 Å². The molecule has 1 atom stereocenters. The van der Waals surface area contributed by atoms with E-state index in [1.807, 2.05) is 6.92 Å². The zero-order chi connectivity index (χ0) is 14.5. The van der Waals surface area contributed by atoms with Crippen molar-refractivity contribution >= 4 is 0 Å². The summed E-state index contributed by atoms with van der Waals surface area (Å²) in [5, 5.41) is 2.82. The molecule has 6 heteroatoms. The van der Waals surface area contributed by atoms with E-state index in [9.17, 15) is 22.0 Å². The van der Waals surface area contributed by atoms with Crippen LogP contribution in [0.15, 0.2) is 18.2 Å². The molecule has 1 unspecified atom stereocenters. The molecule has 0 aliphatic rings. The van der Waals surface area contributed by atoms with Gasteiger partial charge in [-0.05, 0) is 37.6 Å². The molecule has 1 rings (SSSR count). The van der Waals surface area contributed by atoms with Crippen molar-refractivity contribution < 1.29 is 22.0 Å². The first-order chi connectivity index (χ1) is 8.83. The Labute approximate surface area is 108 Å². The van der Waals surface area contributed by atoms with Crippen molar-refractivity contribution in [2.24, 2.45) is 0 Å². The second-order valence-corrected chi connectivity index (χ2v) is 4.33. The number of rotatable bonds is 6. The van der Waals surface area contributed by atoms with Crippen LogP contribution in [0.5, 0.6) is 0 Å². The van der Waals surface area contributed by atoms with E-state index in [4.69, 9.17) is 0 Å². The first-order valence-electron chi connectivity index (χ1n) is 6.08. The van der Waals surface area contributed by atoms with E-state index in [0.717, 1.165) is 18.2 Å². The van der Waals surface area contributed by atoms with Crippen molar-refractivity contribution in [3.8, 4) is 0 Å². The predicted octanol–water partition coefficient (Wildman–Crippen LogP) is 4.35. The van der Waals surface area contributed by atoms with Crippen LogP contribution in [0.4, 0.5) is 22.0 Å². The van der Waals surface area contributed by atoms with Gasteiger partial charge in [0.15, 0.2) is 0 Å². The Bertz CT molecular complexity index is 403. The molecule has 1 nitrogen and oxygen atoms in total. The lowest BCUT2D eigenvalue weighted by atomic mass is 10.0. The van der Waals surface area contributed by atoms with E-state index in [2.05, 4.69) is 5.32 Å². The third-order valence-electron chi connectivity index (χ3n) is 2.69. The summed E-state index contributed by atoms with van der Waals surface area (Å²) in [7, 11) is 0. The Morgan fingerprint density at radius 1 is 1.21 bits per heavy atom. The number of benzene rings is 1. The molecule has 0 radical (unpaired) electrons. The molecule has 1 aromatic carbocycles. The number of hydrogen-bond acceptors (Lipinski definition) is 1. The molecule has 1 aromatic rings. The minimum Gasteiger partial charge on any atom is -0.310 e. The second kappa shape index (κ2) is 6.84. The number of nitrogens with one attached hydrogen (secondary N) is 1. The molecule has 0 saturated heterocycles. The largest absolute Gasteiger partial charge is 0.389 e. The van der Waals surface area contributed by atoms with Crippen LogP contribution in [-0.2, 0) is 0 Å². The topological polar surface area (TPSA) is 12.0 Å². The molecule has 0 saturated carbocycles.